The van der Waals surface area contributed by atoms with Crippen molar-refractivity contribution >= 4 is 22.3 Å². The fourth-order valence-corrected chi connectivity index (χ4v) is 2.83. The Morgan fingerprint density at radius 1 is 1.27 bits per heavy atom. The molecule has 0 atom stereocenters. The van der Waals surface area contributed by atoms with Gasteiger partial charge in [0.2, 0.25) is 0 Å². The first-order chi connectivity index (χ1) is 10.5. The molecule has 0 unspecified atom stereocenters. The largest absolute Gasteiger partial charge is 0.494 e. The predicted molar refractivity (Wildman–Crippen MR) is 90.5 cm³/mol. The molecule has 118 valence electrons. The van der Waals surface area contributed by atoms with Crippen molar-refractivity contribution in [3.05, 3.63) is 35.2 Å². The summed E-state index contributed by atoms with van der Waals surface area (Å²) in [6.07, 6.45) is 0.790. The number of carbonyl (C=O) groups excluding carboxylic acids is 1. The van der Waals surface area contributed by atoms with E-state index in [-0.39, 0.29) is 12.1 Å². The number of ether oxygens (including phenoxy) is 2. The van der Waals surface area contributed by atoms with Gasteiger partial charge in [0.15, 0.2) is 0 Å². The first-order valence-corrected chi connectivity index (χ1v) is 8.22. The minimum absolute atomic E-state index is 0.176. The van der Waals surface area contributed by atoms with Crippen molar-refractivity contribution in [3.8, 4) is 16.9 Å². The van der Waals surface area contributed by atoms with E-state index in [4.69, 9.17) is 15.2 Å². The van der Waals surface area contributed by atoms with Crippen LogP contribution < -0.4 is 10.5 Å². The molecule has 2 aromatic rings. The van der Waals surface area contributed by atoms with Crippen molar-refractivity contribution < 1.29 is 14.3 Å². The summed E-state index contributed by atoms with van der Waals surface area (Å²) >= 11 is 1.35. The average Bonchev–Trinajstić information content (AvgIpc) is 2.87. The highest BCUT2D eigenvalue weighted by Gasteiger charge is 2.20. The lowest BCUT2D eigenvalue weighted by Crippen LogP contribution is -2.13. The zero-order valence-electron chi connectivity index (χ0n) is 13.1. The maximum atomic E-state index is 12.2. The number of nitrogens with two attached hydrogens (primary N) is 1. The summed E-state index contributed by atoms with van der Waals surface area (Å²) in [7, 11) is 0. The molecule has 4 nitrogen and oxygen atoms in total. The molecular weight excluding hydrogens is 298 g/mol. The quantitative estimate of drug-likeness (QED) is 0.804. The van der Waals surface area contributed by atoms with E-state index < -0.39 is 0 Å². The molecule has 1 heterocycles. The van der Waals surface area contributed by atoms with Crippen molar-refractivity contribution in [2.24, 2.45) is 0 Å². The molecule has 0 aliphatic heterocycles. The van der Waals surface area contributed by atoms with E-state index in [2.05, 4.69) is 6.92 Å². The van der Waals surface area contributed by atoms with Crippen molar-refractivity contribution in [3.63, 3.8) is 0 Å². The van der Waals surface area contributed by atoms with E-state index in [1.165, 1.54) is 11.3 Å². The van der Waals surface area contributed by atoms with E-state index in [9.17, 15) is 4.79 Å². The molecule has 0 aliphatic rings. The van der Waals surface area contributed by atoms with Gasteiger partial charge in [-0.05, 0) is 38.0 Å². The lowest BCUT2D eigenvalue weighted by atomic mass is 10.0. The van der Waals surface area contributed by atoms with Crippen molar-refractivity contribution in [2.45, 2.75) is 33.3 Å². The van der Waals surface area contributed by atoms with E-state index in [1.807, 2.05) is 43.5 Å². The Hall–Kier alpha value is -2.01. The molecule has 22 heavy (non-hydrogen) atoms. The monoisotopic (exact) mass is 319 g/mol. The SMILES string of the molecule is CCCOc1ccc(-c2csc(N)c2C(=O)OC(C)C)cc1. The van der Waals surface area contributed by atoms with Crippen LogP contribution >= 0.6 is 11.3 Å². The van der Waals surface area contributed by atoms with Crippen LogP contribution in [0.25, 0.3) is 11.1 Å². The summed E-state index contributed by atoms with van der Waals surface area (Å²) in [5, 5.41) is 2.36. The highest BCUT2D eigenvalue weighted by atomic mass is 32.1. The van der Waals surface area contributed by atoms with Gasteiger partial charge in [0.1, 0.15) is 16.3 Å². The Balaban J connectivity index is 2.27. The van der Waals surface area contributed by atoms with E-state index in [1.54, 1.807) is 0 Å². The van der Waals surface area contributed by atoms with Gasteiger partial charge in [-0.3, -0.25) is 0 Å². The summed E-state index contributed by atoms with van der Waals surface area (Å²) in [6.45, 7) is 6.39. The number of esters is 1. The maximum Gasteiger partial charge on any atom is 0.342 e. The van der Waals surface area contributed by atoms with Gasteiger partial charge >= 0.3 is 5.97 Å². The molecule has 5 heteroatoms. The van der Waals surface area contributed by atoms with Crippen LogP contribution in [0.5, 0.6) is 5.75 Å². The molecule has 0 fully saturated rings. The van der Waals surface area contributed by atoms with Crippen LogP contribution in [0.15, 0.2) is 29.6 Å². The van der Waals surface area contributed by atoms with Crippen molar-refractivity contribution in [1.82, 2.24) is 0 Å². The smallest absolute Gasteiger partial charge is 0.342 e. The fraction of sp³-hybridized carbons (Fsp3) is 0.353. The zero-order chi connectivity index (χ0) is 16.1. The Kier molecular flexibility index (Phi) is 5.44. The summed E-state index contributed by atoms with van der Waals surface area (Å²) in [5.41, 5.74) is 8.11. The summed E-state index contributed by atoms with van der Waals surface area (Å²) in [5.74, 6) is 0.440. The first kappa shape index (κ1) is 16.4. The molecule has 2 N–H and O–H groups in total. The highest BCUT2D eigenvalue weighted by molar-refractivity contribution is 7.14. The molecule has 2 rings (SSSR count). The Morgan fingerprint density at radius 2 is 1.95 bits per heavy atom. The highest BCUT2D eigenvalue weighted by Crippen LogP contribution is 2.35. The van der Waals surface area contributed by atoms with Gasteiger partial charge in [-0.1, -0.05) is 19.1 Å². The number of benzene rings is 1. The molecular formula is C17H21NO3S. The normalized spacial score (nSPS) is 10.7. The number of hydrogen-bond donors (Lipinski definition) is 1. The van der Waals surface area contributed by atoms with Gasteiger partial charge in [0, 0.05) is 10.9 Å². The predicted octanol–water partition coefficient (Wildman–Crippen LogP) is 4.35. The van der Waals surface area contributed by atoms with Crippen LogP contribution in [0.3, 0.4) is 0 Å². The maximum absolute atomic E-state index is 12.2. The second-order valence-corrected chi connectivity index (χ2v) is 6.13. The van der Waals surface area contributed by atoms with E-state index >= 15 is 0 Å². The lowest BCUT2D eigenvalue weighted by molar-refractivity contribution is 0.0380. The topological polar surface area (TPSA) is 61.5 Å². The van der Waals surface area contributed by atoms with Gasteiger partial charge in [0.05, 0.1) is 12.7 Å². The molecule has 0 radical (unpaired) electrons. The third kappa shape index (κ3) is 3.80. The Labute approximate surface area is 134 Å². The Bertz CT molecular complexity index is 632. The van der Waals surface area contributed by atoms with Crippen LogP contribution in [-0.4, -0.2) is 18.7 Å². The van der Waals surface area contributed by atoms with E-state index in [0.717, 1.165) is 23.3 Å². The molecule has 0 spiro atoms. The molecule has 0 aliphatic carbocycles. The van der Waals surface area contributed by atoms with Gasteiger partial charge in [0.25, 0.3) is 0 Å². The lowest BCUT2D eigenvalue weighted by Gasteiger charge is -2.10. The number of anilines is 1. The van der Waals surface area contributed by atoms with Crippen LogP contribution in [0, 0.1) is 0 Å². The molecule has 0 saturated heterocycles. The third-order valence-electron chi connectivity index (χ3n) is 3.00. The number of carbonyl (C=O) groups is 1. The van der Waals surface area contributed by atoms with Gasteiger partial charge in [-0.25, -0.2) is 4.79 Å². The van der Waals surface area contributed by atoms with Crippen molar-refractivity contribution in [2.75, 3.05) is 12.3 Å². The van der Waals surface area contributed by atoms with Crippen molar-refractivity contribution in [1.29, 1.82) is 0 Å². The number of nitrogen functional groups attached to an aromatic ring is 1. The van der Waals surface area contributed by atoms with Crippen LogP contribution in [0.4, 0.5) is 5.00 Å². The minimum atomic E-state index is -0.380. The third-order valence-corrected chi connectivity index (χ3v) is 3.82. The summed E-state index contributed by atoms with van der Waals surface area (Å²) in [6, 6.07) is 7.66. The first-order valence-electron chi connectivity index (χ1n) is 7.34. The molecule has 0 amide bonds. The van der Waals surface area contributed by atoms with Crippen LogP contribution in [0.2, 0.25) is 0 Å². The average molecular weight is 319 g/mol. The van der Waals surface area contributed by atoms with Crippen LogP contribution in [-0.2, 0) is 4.74 Å². The van der Waals surface area contributed by atoms with Crippen LogP contribution in [0.1, 0.15) is 37.6 Å². The van der Waals surface area contributed by atoms with Gasteiger partial charge in [-0.2, -0.15) is 0 Å². The summed E-state index contributed by atoms with van der Waals surface area (Å²) in [4.78, 5) is 12.2. The second kappa shape index (κ2) is 7.31. The standard InChI is InChI=1S/C17H21NO3S/c1-4-9-20-13-7-5-12(6-8-13)14-10-22-16(18)15(14)17(19)21-11(2)3/h5-8,10-11H,4,9,18H2,1-3H3. The molecule has 0 bridgehead atoms. The Morgan fingerprint density at radius 3 is 2.55 bits per heavy atom. The molecule has 0 saturated carbocycles. The molecule has 1 aromatic heterocycles. The van der Waals surface area contributed by atoms with Gasteiger partial charge in [-0.15, -0.1) is 11.3 Å². The fourth-order valence-electron chi connectivity index (χ4n) is 2.02. The summed E-state index contributed by atoms with van der Waals surface area (Å²) < 4.78 is 10.8. The number of thiophene rings is 1. The van der Waals surface area contributed by atoms with Gasteiger partial charge < -0.3 is 15.2 Å². The second-order valence-electron chi connectivity index (χ2n) is 5.22. The number of hydrogen-bond acceptors (Lipinski definition) is 5. The number of rotatable bonds is 6. The molecule has 1 aromatic carbocycles. The van der Waals surface area contributed by atoms with E-state index in [0.29, 0.717) is 17.2 Å². The minimum Gasteiger partial charge on any atom is -0.494 e. The zero-order valence-corrected chi connectivity index (χ0v) is 13.9.